The molecule has 2 aliphatic rings. The largest absolute Gasteiger partial charge is 0.468 e. The molecule has 135 valence electrons. The van der Waals surface area contributed by atoms with Gasteiger partial charge in [-0.1, -0.05) is 6.42 Å². The predicted molar refractivity (Wildman–Crippen MR) is 96.9 cm³/mol. The monoisotopic (exact) mass is 342 g/mol. The van der Waals surface area contributed by atoms with Gasteiger partial charge in [0.15, 0.2) is 0 Å². The van der Waals surface area contributed by atoms with Gasteiger partial charge in [-0.25, -0.2) is 4.68 Å². The normalized spacial score (nSPS) is 22.4. The fourth-order valence-corrected chi connectivity index (χ4v) is 3.99. The Kier molecular flexibility index (Phi) is 5.08. The summed E-state index contributed by atoms with van der Waals surface area (Å²) in [6.45, 7) is 8.09. The van der Waals surface area contributed by atoms with E-state index in [1.54, 1.807) is 6.26 Å². The summed E-state index contributed by atoms with van der Waals surface area (Å²) in [5.74, 6) is 2.61. The molecule has 0 amide bonds. The van der Waals surface area contributed by atoms with Crippen LogP contribution in [0.2, 0.25) is 0 Å². The van der Waals surface area contributed by atoms with Crippen molar-refractivity contribution < 1.29 is 4.42 Å². The van der Waals surface area contributed by atoms with Gasteiger partial charge in [0.25, 0.3) is 0 Å². The Labute approximate surface area is 149 Å². The SMILES string of the molecule is Cc1cc2n(n1)CC(CNCC(c1ccco1)N1CCCCC1)C[N]2. The second-order valence-electron chi connectivity index (χ2n) is 7.32. The molecule has 1 fully saturated rings. The summed E-state index contributed by atoms with van der Waals surface area (Å²) in [7, 11) is 0. The molecule has 6 heteroatoms. The first-order valence-corrected chi connectivity index (χ1v) is 9.50. The van der Waals surface area contributed by atoms with Crippen molar-refractivity contribution in [1.29, 1.82) is 0 Å². The summed E-state index contributed by atoms with van der Waals surface area (Å²) in [6.07, 6.45) is 5.72. The topological polar surface area (TPSA) is 60.3 Å². The lowest BCUT2D eigenvalue weighted by atomic mass is 10.1. The molecule has 0 bridgehead atoms. The van der Waals surface area contributed by atoms with Crippen LogP contribution in [-0.4, -0.2) is 47.4 Å². The molecule has 25 heavy (non-hydrogen) atoms. The zero-order valence-electron chi connectivity index (χ0n) is 15.0. The maximum atomic E-state index is 5.73. The minimum absolute atomic E-state index is 0.332. The van der Waals surface area contributed by atoms with Crippen LogP contribution in [0.4, 0.5) is 5.82 Å². The molecule has 2 unspecified atom stereocenters. The van der Waals surface area contributed by atoms with Crippen molar-refractivity contribution in [3.05, 3.63) is 35.9 Å². The summed E-state index contributed by atoms with van der Waals surface area (Å²) >= 11 is 0. The number of aromatic nitrogens is 2. The number of hydrogen-bond donors (Lipinski definition) is 1. The standard InChI is InChI=1S/C19H28N5O/c1-15-10-19-21-12-16(14-24(19)22-15)11-20-13-17(18-6-5-9-25-18)23-7-3-2-4-8-23/h5-6,9-10,16-17,20H,2-4,7-8,11-14H2,1H3. The molecule has 6 nitrogen and oxygen atoms in total. The minimum atomic E-state index is 0.332. The van der Waals surface area contributed by atoms with E-state index in [-0.39, 0.29) is 0 Å². The molecule has 2 aliphatic heterocycles. The van der Waals surface area contributed by atoms with E-state index in [9.17, 15) is 0 Å². The zero-order valence-corrected chi connectivity index (χ0v) is 15.0. The number of furan rings is 1. The van der Waals surface area contributed by atoms with E-state index in [1.807, 2.05) is 17.7 Å². The lowest BCUT2D eigenvalue weighted by molar-refractivity contribution is 0.141. The number of rotatable bonds is 6. The van der Waals surface area contributed by atoms with E-state index < -0.39 is 0 Å². The van der Waals surface area contributed by atoms with Gasteiger partial charge >= 0.3 is 0 Å². The number of aryl methyl sites for hydroxylation is 1. The molecule has 1 radical (unpaired) electrons. The number of nitrogens with zero attached hydrogens (tertiary/aromatic N) is 4. The van der Waals surface area contributed by atoms with Crippen LogP contribution in [0.5, 0.6) is 0 Å². The fraction of sp³-hybridized carbons (Fsp3) is 0.632. The Bertz CT molecular complexity index is 659. The van der Waals surface area contributed by atoms with Crippen LogP contribution < -0.4 is 10.6 Å². The summed E-state index contributed by atoms with van der Waals surface area (Å²) in [5, 5.41) is 12.9. The number of hydrogen-bond acceptors (Lipinski definition) is 4. The zero-order chi connectivity index (χ0) is 17.1. The molecule has 0 aliphatic carbocycles. The Morgan fingerprint density at radius 3 is 3.00 bits per heavy atom. The van der Waals surface area contributed by atoms with Crippen LogP contribution in [0.1, 0.15) is 36.8 Å². The van der Waals surface area contributed by atoms with Crippen molar-refractivity contribution in [2.45, 2.75) is 38.8 Å². The van der Waals surface area contributed by atoms with E-state index in [1.165, 1.54) is 32.4 Å². The highest BCUT2D eigenvalue weighted by Gasteiger charge is 2.25. The predicted octanol–water partition coefficient (Wildman–Crippen LogP) is 2.47. The van der Waals surface area contributed by atoms with Crippen LogP contribution in [0.15, 0.2) is 28.9 Å². The third-order valence-electron chi connectivity index (χ3n) is 5.30. The van der Waals surface area contributed by atoms with Gasteiger partial charge in [-0.2, -0.15) is 5.10 Å². The van der Waals surface area contributed by atoms with Gasteiger partial charge in [-0.3, -0.25) is 10.2 Å². The first kappa shape index (κ1) is 16.7. The third kappa shape index (κ3) is 3.90. The quantitative estimate of drug-likeness (QED) is 0.876. The molecular formula is C19H28N5O. The molecule has 2 aromatic rings. The Morgan fingerprint density at radius 1 is 1.32 bits per heavy atom. The average Bonchev–Trinajstić information content (AvgIpc) is 3.28. The lowest BCUT2D eigenvalue weighted by Gasteiger charge is -2.34. The van der Waals surface area contributed by atoms with E-state index in [0.29, 0.717) is 12.0 Å². The third-order valence-corrected chi connectivity index (χ3v) is 5.30. The molecule has 0 saturated carbocycles. The summed E-state index contributed by atoms with van der Waals surface area (Å²) in [4.78, 5) is 2.57. The number of likely N-dealkylation sites (tertiary alicyclic amines) is 1. The van der Waals surface area contributed by atoms with Crippen molar-refractivity contribution in [2.75, 3.05) is 32.7 Å². The van der Waals surface area contributed by atoms with Crippen molar-refractivity contribution in [3.63, 3.8) is 0 Å². The molecule has 2 atom stereocenters. The van der Waals surface area contributed by atoms with Crippen molar-refractivity contribution in [1.82, 2.24) is 25.3 Å². The van der Waals surface area contributed by atoms with Gasteiger partial charge < -0.3 is 9.73 Å². The molecule has 4 heterocycles. The number of fused-ring (bicyclic) bond motifs is 1. The summed E-state index contributed by atoms with van der Waals surface area (Å²) < 4.78 is 7.77. The van der Waals surface area contributed by atoms with Crippen LogP contribution in [-0.2, 0) is 6.54 Å². The summed E-state index contributed by atoms with van der Waals surface area (Å²) in [6, 6.07) is 6.49. The number of nitrogens with one attached hydrogen (secondary N) is 1. The Morgan fingerprint density at radius 2 is 2.20 bits per heavy atom. The molecule has 4 rings (SSSR count). The van der Waals surface area contributed by atoms with Gasteiger partial charge in [-0.05, 0) is 45.0 Å². The van der Waals surface area contributed by atoms with Gasteiger partial charge in [0.1, 0.15) is 11.6 Å². The van der Waals surface area contributed by atoms with E-state index in [2.05, 4.69) is 32.8 Å². The highest BCUT2D eigenvalue weighted by atomic mass is 16.3. The second-order valence-corrected chi connectivity index (χ2v) is 7.32. The van der Waals surface area contributed by atoms with Crippen LogP contribution in [0, 0.1) is 12.8 Å². The van der Waals surface area contributed by atoms with E-state index in [0.717, 1.165) is 43.5 Å². The summed E-state index contributed by atoms with van der Waals surface area (Å²) in [5.41, 5.74) is 1.05. The highest BCUT2D eigenvalue weighted by Crippen LogP contribution is 2.25. The number of piperidine rings is 1. The molecule has 0 spiro atoms. The van der Waals surface area contributed by atoms with Gasteiger partial charge in [0.05, 0.1) is 18.0 Å². The maximum absolute atomic E-state index is 5.73. The molecule has 2 aromatic heterocycles. The maximum Gasteiger partial charge on any atom is 0.145 e. The molecule has 1 saturated heterocycles. The van der Waals surface area contributed by atoms with Crippen molar-refractivity contribution in [3.8, 4) is 0 Å². The second kappa shape index (κ2) is 7.62. The average molecular weight is 342 g/mol. The highest BCUT2D eigenvalue weighted by molar-refractivity contribution is 5.29. The van der Waals surface area contributed by atoms with Crippen molar-refractivity contribution >= 4 is 5.82 Å². The van der Waals surface area contributed by atoms with Gasteiger partial charge in [-0.15, -0.1) is 0 Å². The molecular weight excluding hydrogens is 314 g/mol. The van der Waals surface area contributed by atoms with E-state index in [4.69, 9.17) is 4.42 Å². The van der Waals surface area contributed by atoms with Gasteiger partial charge in [0.2, 0.25) is 0 Å². The van der Waals surface area contributed by atoms with Crippen LogP contribution in [0.25, 0.3) is 0 Å². The van der Waals surface area contributed by atoms with Crippen molar-refractivity contribution in [2.24, 2.45) is 5.92 Å². The molecule has 0 aromatic carbocycles. The smallest absolute Gasteiger partial charge is 0.145 e. The minimum Gasteiger partial charge on any atom is -0.468 e. The lowest BCUT2D eigenvalue weighted by Crippen LogP contribution is -2.41. The molecule has 1 N–H and O–H groups in total. The Balaban J connectivity index is 1.32. The van der Waals surface area contributed by atoms with Gasteiger partial charge in [0, 0.05) is 38.2 Å². The van der Waals surface area contributed by atoms with E-state index >= 15 is 0 Å². The first-order chi connectivity index (χ1) is 12.3. The van der Waals surface area contributed by atoms with Crippen LogP contribution >= 0.6 is 0 Å². The fourth-order valence-electron chi connectivity index (χ4n) is 3.99. The first-order valence-electron chi connectivity index (χ1n) is 9.50. The van der Waals surface area contributed by atoms with Crippen LogP contribution in [0.3, 0.4) is 0 Å². The Hall–Kier alpha value is -1.79.